The average molecular weight is 263 g/mol. The second-order valence-corrected chi connectivity index (χ2v) is 5.19. The molecule has 0 amide bonds. The molecule has 0 bridgehead atoms. The highest BCUT2D eigenvalue weighted by Gasteiger charge is 2.24. The highest BCUT2D eigenvalue weighted by Crippen LogP contribution is 2.33. The topological polar surface area (TPSA) is 39.7 Å². The van der Waals surface area contributed by atoms with Gasteiger partial charge in [-0.3, -0.25) is 0 Å². The van der Waals surface area contributed by atoms with Gasteiger partial charge in [-0.25, -0.2) is 0 Å². The Morgan fingerprint density at radius 2 is 2.16 bits per heavy atom. The van der Waals surface area contributed by atoms with Crippen LogP contribution >= 0.6 is 0 Å². The molecule has 0 spiro atoms. The molecule has 2 aliphatic rings. The molecule has 1 fully saturated rings. The summed E-state index contributed by atoms with van der Waals surface area (Å²) in [7, 11) is 1.80. The van der Waals surface area contributed by atoms with Crippen LogP contribution in [0.4, 0.5) is 0 Å². The van der Waals surface area contributed by atoms with Gasteiger partial charge in [0, 0.05) is 25.3 Å². The highest BCUT2D eigenvalue weighted by atomic mass is 16.6. The third-order valence-electron chi connectivity index (χ3n) is 3.95. The lowest BCUT2D eigenvalue weighted by Gasteiger charge is -2.22. The van der Waals surface area contributed by atoms with Crippen molar-refractivity contribution < 1.29 is 14.2 Å². The summed E-state index contributed by atoms with van der Waals surface area (Å²) >= 11 is 0. The van der Waals surface area contributed by atoms with Crippen molar-refractivity contribution in [1.82, 2.24) is 5.32 Å². The monoisotopic (exact) mass is 263 g/mol. The van der Waals surface area contributed by atoms with Crippen LogP contribution in [-0.2, 0) is 11.3 Å². The molecule has 1 aromatic rings. The van der Waals surface area contributed by atoms with Gasteiger partial charge in [0.2, 0.25) is 0 Å². The molecule has 4 heteroatoms. The first-order chi connectivity index (χ1) is 9.36. The Labute approximate surface area is 114 Å². The summed E-state index contributed by atoms with van der Waals surface area (Å²) in [4.78, 5) is 0. The van der Waals surface area contributed by atoms with E-state index in [2.05, 4.69) is 11.4 Å². The number of rotatable bonds is 4. The highest BCUT2D eigenvalue weighted by molar-refractivity contribution is 5.47. The van der Waals surface area contributed by atoms with Crippen LogP contribution in [0.3, 0.4) is 0 Å². The quantitative estimate of drug-likeness (QED) is 0.903. The second kappa shape index (κ2) is 5.80. The maximum absolute atomic E-state index is 5.72. The van der Waals surface area contributed by atoms with Crippen LogP contribution in [0, 0.1) is 0 Å². The lowest BCUT2D eigenvalue weighted by atomic mass is 10.1. The van der Waals surface area contributed by atoms with Gasteiger partial charge in [-0.05, 0) is 25.3 Å². The normalized spacial score (nSPS) is 25.5. The maximum atomic E-state index is 5.72. The first-order valence-corrected chi connectivity index (χ1v) is 7.00. The van der Waals surface area contributed by atoms with Crippen LogP contribution in [0.5, 0.6) is 11.5 Å². The lowest BCUT2D eigenvalue weighted by Crippen LogP contribution is -2.27. The fraction of sp³-hybridized carbons (Fsp3) is 0.600. The molecule has 0 saturated heterocycles. The van der Waals surface area contributed by atoms with Gasteiger partial charge in [-0.15, -0.1) is 0 Å². The van der Waals surface area contributed by atoms with Crippen LogP contribution in [0.2, 0.25) is 0 Å². The zero-order valence-electron chi connectivity index (χ0n) is 11.4. The molecule has 1 aromatic carbocycles. The summed E-state index contributed by atoms with van der Waals surface area (Å²) in [5, 5.41) is 3.60. The van der Waals surface area contributed by atoms with E-state index in [0.29, 0.717) is 25.4 Å². The maximum Gasteiger partial charge on any atom is 0.165 e. The number of hydrogen-bond acceptors (Lipinski definition) is 4. The Hall–Kier alpha value is -1.26. The number of nitrogens with one attached hydrogen (secondary N) is 1. The smallest absolute Gasteiger partial charge is 0.165 e. The van der Waals surface area contributed by atoms with E-state index in [-0.39, 0.29) is 0 Å². The first kappa shape index (κ1) is 12.8. The molecule has 4 nitrogen and oxygen atoms in total. The predicted octanol–water partition coefficient (Wildman–Crippen LogP) is 2.11. The van der Waals surface area contributed by atoms with E-state index < -0.39 is 0 Å². The molecule has 3 rings (SSSR count). The van der Waals surface area contributed by atoms with Gasteiger partial charge < -0.3 is 19.5 Å². The van der Waals surface area contributed by atoms with Gasteiger partial charge in [-0.2, -0.15) is 0 Å². The fourth-order valence-corrected chi connectivity index (χ4v) is 2.87. The van der Waals surface area contributed by atoms with Crippen molar-refractivity contribution in [2.24, 2.45) is 0 Å². The van der Waals surface area contributed by atoms with Crippen LogP contribution in [0.15, 0.2) is 18.2 Å². The van der Waals surface area contributed by atoms with Crippen LogP contribution in [-0.4, -0.2) is 32.5 Å². The number of ether oxygens (including phenoxy) is 3. The Balaban J connectivity index is 1.61. The van der Waals surface area contributed by atoms with E-state index in [1.165, 1.54) is 12.0 Å². The minimum atomic E-state index is 0.418. The van der Waals surface area contributed by atoms with E-state index in [1.54, 1.807) is 7.11 Å². The van der Waals surface area contributed by atoms with Crippen LogP contribution in [0.25, 0.3) is 0 Å². The Morgan fingerprint density at radius 1 is 1.26 bits per heavy atom. The van der Waals surface area contributed by atoms with Crippen molar-refractivity contribution in [2.75, 3.05) is 20.3 Å². The molecule has 2 unspecified atom stereocenters. The van der Waals surface area contributed by atoms with Crippen molar-refractivity contribution in [1.29, 1.82) is 0 Å². The van der Waals surface area contributed by atoms with Gasteiger partial charge in [0.1, 0.15) is 13.2 Å². The van der Waals surface area contributed by atoms with Crippen LogP contribution in [0.1, 0.15) is 24.8 Å². The molecular weight excluding hydrogens is 242 g/mol. The summed E-state index contributed by atoms with van der Waals surface area (Å²) in [6.07, 6.45) is 3.86. The number of methoxy groups -OCH3 is 1. The predicted molar refractivity (Wildman–Crippen MR) is 72.7 cm³/mol. The standard InChI is InChI=1S/C15H21NO3/c1-17-13-6-5-12(9-13)16-10-11-3-2-4-14-15(11)19-8-7-18-14/h2-4,12-13,16H,5-10H2,1H3. The minimum Gasteiger partial charge on any atom is -0.486 e. The molecule has 19 heavy (non-hydrogen) atoms. The molecule has 1 saturated carbocycles. The molecule has 1 heterocycles. The second-order valence-electron chi connectivity index (χ2n) is 5.19. The van der Waals surface area contributed by atoms with Gasteiger partial charge in [0.15, 0.2) is 11.5 Å². The fourth-order valence-electron chi connectivity index (χ4n) is 2.87. The van der Waals surface area contributed by atoms with Gasteiger partial charge in [0.25, 0.3) is 0 Å². The van der Waals surface area contributed by atoms with Gasteiger partial charge in [0.05, 0.1) is 6.10 Å². The van der Waals surface area contributed by atoms with E-state index in [1.807, 2.05) is 12.1 Å². The SMILES string of the molecule is COC1CCC(NCc2cccc3c2OCCO3)C1. The zero-order valence-corrected chi connectivity index (χ0v) is 11.4. The summed E-state index contributed by atoms with van der Waals surface area (Å²) in [5.41, 5.74) is 1.18. The van der Waals surface area contributed by atoms with Gasteiger partial charge in [-0.1, -0.05) is 12.1 Å². The zero-order chi connectivity index (χ0) is 13.1. The molecule has 2 atom stereocenters. The molecular formula is C15H21NO3. The molecule has 1 N–H and O–H groups in total. The van der Waals surface area contributed by atoms with E-state index >= 15 is 0 Å². The number of para-hydroxylation sites is 1. The number of fused-ring (bicyclic) bond motifs is 1. The molecule has 104 valence electrons. The summed E-state index contributed by atoms with van der Waals surface area (Å²) < 4.78 is 16.7. The average Bonchev–Trinajstić information content (AvgIpc) is 2.93. The van der Waals surface area contributed by atoms with Crippen molar-refractivity contribution >= 4 is 0 Å². The summed E-state index contributed by atoms with van der Waals surface area (Å²) in [5.74, 6) is 1.77. The van der Waals surface area contributed by atoms with Crippen molar-refractivity contribution in [3.63, 3.8) is 0 Å². The van der Waals surface area contributed by atoms with E-state index in [4.69, 9.17) is 14.2 Å². The lowest BCUT2D eigenvalue weighted by molar-refractivity contribution is 0.107. The Kier molecular flexibility index (Phi) is 3.89. The van der Waals surface area contributed by atoms with Crippen molar-refractivity contribution in [2.45, 2.75) is 38.0 Å². The number of benzene rings is 1. The molecule has 1 aliphatic heterocycles. The van der Waals surface area contributed by atoms with Crippen molar-refractivity contribution in [3.8, 4) is 11.5 Å². The van der Waals surface area contributed by atoms with Crippen LogP contribution < -0.4 is 14.8 Å². The Bertz CT molecular complexity index is 435. The summed E-state index contributed by atoms with van der Waals surface area (Å²) in [6.45, 7) is 2.11. The summed E-state index contributed by atoms with van der Waals surface area (Å²) in [6, 6.07) is 6.64. The number of hydrogen-bond donors (Lipinski definition) is 1. The minimum absolute atomic E-state index is 0.418. The third-order valence-corrected chi connectivity index (χ3v) is 3.95. The van der Waals surface area contributed by atoms with Gasteiger partial charge >= 0.3 is 0 Å². The third kappa shape index (κ3) is 2.85. The molecule has 0 radical (unpaired) electrons. The van der Waals surface area contributed by atoms with Crippen molar-refractivity contribution in [3.05, 3.63) is 23.8 Å². The molecule has 0 aromatic heterocycles. The van der Waals surface area contributed by atoms with E-state index in [9.17, 15) is 0 Å². The Morgan fingerprint density at radius 3 is 3.00 bits per heavy atom. The largest absolute Gasteiger partial charge is 0.486 e. The van der Waals surface area contributed by atoms with E-state index in [0.717, 1.165) is 30.9 Å². The molecule has 1 aliphatic carbocycles. The first-order valence-electron chi connectivity index (χ1n) is 7.00.